The van der Waals surface area contributed by atoms with Crippen molar-refractivity contribution in [1.82, 2.24) is 19.2 Å². The summed E-state index contributed by atoms with van der Waals surface area (Å²) in [5, 5.41) is 1.31. The lowest BCUT2D eigenvalue weighted by Gasteiger charge is -2.34. The van der Waals surface area contributed by atoms with Crippen LogP contribution in [-0.4, -0.2) is 51.1 Å². The molecular formula is C27H24Cl2N4O. The molecule has 0 saturated carbocycles. The van der Waals surface area contributed by atoms with Crippen molar-refractivity contribution >= 4 is 34.6 Å². The van der Waals surface area contributed by atoms with Gasteiger partial charge < -0.3 is 4.90 Å². The number of nitrogens with zero attached hydrogens (tertiary/aromatic N) is 4. The van der Waals surface area contributed by atoms with E-state index in [1.165, 1.54) is 5.56 Å². The molecule has 1 fully saturated rings. The van der Waals surface area contributed by atoms with Gasteiger partial charge in [0.25, 0.3) is 0 Å². The largest absolute Gasteiger partial charge is 0.375 e. The summed E-state index contributed by atoms with van der Waals surface area (Å²) in [5.41, 5.74) is 4.01. The van der Waals surface area contributed by atoms with Crippen LogP contribution in [0.25, 0.3) is 16.9 Å². The Morgan fingerprint density at radius 3 is 2.32 bits per heavy atom. The van der Waals surface area contributed by atoms with Crippen molar-refractivity contribution in [3.8, 4) is 11.3 Å². The third-order valence-corrected chi connectivity index (χ3v) is 6.50. The van der Waals surface area contributed by atoms with Crippen molar-refractivity contribution in [2.24, 2.45) is 0 Å². The first-order chi connectivity index (χ1) is 16.6. The van der Waals surface area contributed by atoms with Crippen LogP contribution in [-0.2, 0) is 6.54 Å². The van der Waals surface area contributed by atoms with Gasteiger partial charge in [0, 0.05) is 61.8 Å². The molecule has 2 aromatic heterocycles. The van der Waals surface area contributed by atoms with Crippen LogP contribution in [0.15, 0.2) is 85.2 Å². The number of hydrogen-bond acceptors (Lipinski definition) is 4. The van der Waals surface area contributed by atoms with Gasteiger partial charge in [-0.05, 0) is 29.8 Å². The highest BCUT2D eigenvalue weighted by Gasteiger charge is 2.20. The molecule has 0 N–H and O–H groups in total. The van der Waals surface area contributed by atoms with Gasteiger partial charge in [0.1, 0.15) is 17.0 Å². The maximum atomic E-state index is 13.4. The van der Waals surface area contributed by atoms with Gasteiger partial charge in [0.2, 0.25) is 5.78 Å². The Kier molecular flexibility index (Phi) is 6.68. The molecule has 172 valence electrons. The Hall–Kier alpha value is -3.12. The van der Waals surface area contributed by atoms with Crippen LogP contribution >= 0.6 is 23.2 Å². The van der Waals surface area contributed by atoms with Crippen LogP contribution in [0.3, 0.4) is 0 Å². The van der Waals surface area contributed by atoms with Gasteiger partial charge in [-0.3, -0.25) is 14.1 Å². The molecule has 0 radical (unpaired) electrons. The molecule has 0 bridgehead atoms. The van der Waals surface area contributed by atoms with E-state index in [9.17, 15) is 4.79 Å². The van der Waals surface area contributed by atoms with Crippen LogP contribution < -0.4 is 0 Å². The van der Waals surface area contributed by atoms with Crippen LogP contribution in [0.4, 0.5) is 0 Å². The van der Waals surface area contributed by atoms with Crippen LogP contribution in [0, 0.1) is 0 Å². The Morgan fingerprint density at radius 2 is 1.59 bits per heavy atom. The number of aromatic nitrogens is 2. The first-order valence-electron chi connectivity index (χ1n) is 11.2. The van der Waals surface area contributed by atoms with Gasteiger partial charge in [0.05, 0.1) is 5.02 Å². The number of hydrogen-bond donors (Lipinski definition) is 0. The number of rotatable bonds is 6. The average Bonchev–Trinajstić information content (AvgIpc) is 3.24. The van der Waals surface area contributed by atoms with E-state index in [1.54, 1.807) is 22.7 Å². The van der Waals surface area contributed by atoms with E-state index >= 15 is 0 Å². The fourth-order valence-corrected chi connectivity index (χ4v) is 4.51. The smallest absolute Gasteiger partial charge is 0.206 e. The van der Waals surface area contributed by atoms with E-state index in [-0.39, 0.29) is 5.78 Å². The first kappa shape index (κ1) is 22.7. The number of imidazole rings is 1. The molecule has 2 aromatic carbocycles. The van der Waals surface area contributed by atoms with Gasteiger partial charge in [-0.2, -0.15) is 0 Å². The van der Waals surface area contributed by atoms with E-state index in [2.05, 4.69) is 21.9 Å². The minimum atomic E-state index is -0.0998. The SMILES string of the molecule is O=C(/C=C/N1CCN(Cc2ccc(Cl)cc2)CC1)c1c(-c2ccccc2)nc2ccc(Cl)cn12. The third-order valence-electron chi connectivity index (χ3n) is 6.03. The number of piperazine rings is 1. The number of benzene rings is 2. The number of allylic oxidation sites excluding steroid dienone is 1. The Bertz CT molecular complexity index is 1320. The zero-order chi connectivity index (χ0) is 23.5. The number of ketones is 1. The summed E-state index contributed by atoms with van der Waals surface area (Å²) in [6.45, 7) is 4.49. The fourth-order valence-electron chi connectivity index (χ4n) is 4.22. The molecule has 34 heavy (non-hydrogen) atoms. The topological polar surface area (TPSA) is 40.9 Å². The lowest BCUT2D eigenvalue weighted by Crippen LogP contribution is -2.43. The lowest BCUT2D eigenvalue weighted by molar-refractivity contribution is 0.103. The highest BCUT2D eigenvalue weighted by Crippen LogP contribution is 2.26. The van der Waals surface area contributed by atoms with Gasteiger partial charge in [-0.15, -0.1) is 0 Å². The molecule has 5 rings (SSSR count). The lowest BCUT2D eigenvalue weighted by atomic mass is 10.1. The maximum absolute atomic E-state index is 13.4. The average molecular weight is 491 g/mol. The molecule has 0 unspecified atom stereocenters. The first-order valence-corrected chi connectivity index (χ1v) is 12.0. The van der Waals surface area contributed by atoms with Gasteiger partial charge in [-0.25, -0.2) is 4.98 Å². The molecule has 3 heterocycles. The predicted octanol–water partition coefficient (Wildman–Crippen LogP) is 5.82. The molecule has 5 nitrogen and oxygen atoms in total. The van der Waals surface area contributed by atoms with Gasteiger partial charge in [-0.1, -0.05) is 65.7 Å². The fraction of sp³-hybridized carbons (Fsp3) is 0.185. The number of fused-ring (bicyclic) bond motifs is 1. The summed E-state index contributed by atoms with van der Waals surface area (Å²) in [7, 11) is 0. The summed E-state index contributed by atoms with van der Waals surface area (Å²) in [6.07, 6.45) is 5.29. The summed E-state index contributed by atoms with van der Waals surface area (Å²) in [4.78, 5) is 22.7. The zero-order valence-electron chi connectivity index (χ0n) is 18.6. The molecule has 1 aliphatic heterocycles. The molecule has 0 atom stereocenters. The standard InChI is InChI=1S/C27H24Cl2N4O/c28-22-8-6-20(7-9-22)18-32-16-14-31(15-17-32)13-12-24(34)27-26(21-4-2-1-3-5-21)30-25-11-10-23(29)19-33(25)27/h1-13,19H,14-18H2/b13-12+. The maximum Gasteiger partial charge on any atom is 0.206 e. The molecule has 1 saturated heterocycles. The third kappa shape index (κ3) is 5.02. The molecule has 4 aromatic rings. The summed E-state index contributed by atoms with van der Waals surface area (Å²) < 4.78 is 1.78. The Morgan fingerprint density at radius 1 is 0.882 bits per heavy atom. The Labute approximate surface area is 208 Å². The molecule has 0 aliphatic carbocycles. The monoisotopic (exact) mass is 490 g/mol. The summed E-state index contributed by atoms with van der Waals surface area (Å²) >= 11 is 12.2. The van der Waals surface area contributed by atoms with Crippen molar-refractivity contribution in [3.05, 3.63) is 107 Å². The second kappa shape index (κ2) is 10.0. The van der Waals surface area contributed by atoms with Gasteiger partial charge in [0.15, 0.2) is 0 Å². The van der Waals surface area contributed by atoms with E-state index in [0.717, 1.165) is 43.3 Å². The highest BCUT2D eigenvalue weighted by molar-refractivity contribution is 6.30. The molecule has 0 amide bonds. The van der Waals surface area contributed by atoms with Crippen LogP contribution in [0.5, 0.6) is 0 Å². The molecule has 1 aliphatic rings. The number of pyridine rings is 1. The van der Waals surface area contributed by atoms with Crippen LogP contribution in [0.2, 0.25) is 10.0 Å². The van der Waals surface area contributed by atoms with Crippen molar-refractivity contribution in [1.29, 1.82) is 0 Å². The zero-order valence-corrected chi connectivity index (χ0v) is 20.1. The quantitative estimate of drug-likeness (QED) is 0.252. The van der Waals surface area contributed by atoms with Crippen molar-refractivity contribution in [2.75, 3.05) is 26.2 Å². The predicted molar refractivity (Wildman–Crippen MR) is 137 cm³/mol. The van der Waals surface area contributed by atoms with E-state index in [1.807, 2.05) is 54.7 Å². The van der Waals surface area contributed by atoms with Crippen molar-refractivity contribution in [3.63, 3.8) is 0 Å². The number of carbonyl (C=O) groups excluding carboxylic acids is 1. The summed E-state index contributed by atoms with van der Waals surface area (Å²) in [6, 6.07) is 21.4. The van der Waals surface area contributed by atoms with Crippen LogP contribution in [0.1, 0.15) is 16.1 Å². The second-order valence-corrected chi connectivity index (χ2v) is 9.24. The highest BCUT2D eigenvalue weighted by atomic mass is 35.5. The Balaban J connectivity index is 1.31. The second-order valence-electron chi connectivity index (χ2n) is 8.37. The number of halogens is 2. The minimum absolute atomic E-state index is 0.0998. The normalized spacial score (nSPS) is 14.8. The van der Waals surface area contributed by atoms with E-state index < -0.39 is 0 Å². The summed E-state index contributed by atoms with van der Waals surface area (Å²) in [5.74, 6) is -0.0998. The molecular weight excluding hydrogens is 467 g/mol. The minimum Gasteiger partial charge on any atom is -0.375 e. The molecule has 7 heteroatoms. The van der Waals surface area contributed by atoms with Crippen molar-refractivity contribution < 1.29 is 4.79 Å². The van der Waals surface area contributed by atoms with E-state index in [0.29, 0.717) is 22.1 Å². The van der Waals surface area contributed by atoms with E-state index in [4.69, 9.17) is 28.2 Å². The molecule has 0 spiro atoms. The number of carbonyl (C=O) groups is 1. The van der Waals surface area contributed by atoms with Crippen molar-refractivity contribution in [2.45, 2.75) is 6.54 Å². The van der Waals surface area contributed by atoms with Gasteiger partial charge >= 0.3 is 0 Å².